The summed E-state index contributed by atoms with van der Waals surface area (Å²) in [4.78, 5) is 24.4. The van der Waals surface area contributed by atoms with Crippen LogP contribution in [0.25, 0.3) is 0 Å². The lowest BCUT2D eigenvalue weighted by Gasteiger charge is -2.10. The molecule has 0 saturated heterocycles. The second-order valence-corrected chi connectivity index (χ2v) is 8.58. The predicted molar refractivity (Wildman–Crippen MR) is 132 cm³/mol. The first-order valence-corrected chi connectivity index (χ1v) is 11.4. The molecule has 3 rings (SSSR count). The van der Waals surface area contributed by atoms with E-state index in [1.807, 2.05) is 0 Å². The van der Waals surface area contributed by atoms with E-state index in [4.69, 9.17) is 25.8 Å². The predicted octanol–water partition coefficient (Wildman–Crippen LogP) is 5.62. The van der Waals surface area contributed by atoms with Crippen LogP contribution in [0.4, 0.5) is 0 Å². The number of ether oxygens (including phenoxy) is 3. The Balaban J connectivity index is 1.58. The molecule has 0 atom stereocenters. The Hall–Kier alpha value is -2.88. The number of esters is 1. The molecule has 7 nitrogen and oxygen atoms in total. The summed E-state index contributed by atoms with van der Waals surface area (Å²) in [7, 11) is 1.46. The van der Waals surface area contributed by atoms with E-state index in [2.05, 4.69) is 42.4 Å². The number of hydrazone groups is 1. The van der Waals surface area contributed by atoms with E-state index in [0.29, 0.717) is 36.6 Å². The third-order valence-corrected chi connectivity index (χ3v) is 5.69. The molecule has 0 radical (unpaired) electrons. The van der Waals surface area contributed by atoms with Crippen molar-refractivity contribution in [2.45, 2.75) is 0 Å². The summed E-state index contributed by atoms with van der Waals surface area (Å²) in [6.45, 7) is -0.231. The normalized spacial score (nSPS) is 10.7. The van der Waals surface area contributed by atoms with Crippen LogP contribution in [-0.4, -0.2) is 31.8 Å². The maximum absolute atomic E-state index is 12.4. The minimum Gasteiger partial charge on any atom is -0.493 e. The number of nitrogens with one attached hydrogen (secondary N) is 1. The fourth-order valence-electron chi connectivity index (χ4n) is 2.58. The Morgan fingerprint density at radius 3 is 2.48 bits per heavy atom. The quantitative estimate of drug-likeness (QED) is 0.158. The molecule has 10 heteroatoms. The molecule has 0 saturated carbocycles. The van der Waals surface area contributed by atoms with Crippen LogP contribution in [0.5, 0.6) is 17.2 Å². The zero-order valence-electron chi connectivity index (χ0n) is 17.2. The molecule has 33 heavy (non-hydrogen) atoms. The molecule has 0 bridgehead atoms. The summed E-state index contributed by atoms with van der Waals surface area (Å²) < 4.78 is 17.5. The second kappa shape index (κ2) is 11.8. The Labute approximate surface area is 211 Å². The zero-order chi connectivity index (χ0) is 23.8. The number of carbonyl (C=O) groups is 2. The van der Waals surface area contributed by atoms with Crippen molar-refractivity contribution in [1.82, 2.24) is 5.43 Å². The minimum atomic E-state index is -0.526. The lowest BCUT2D eigenvalue weighted by atomic mass is 10.2. The summed E-state index contributed by atoms with van der Waals surface area (Å²) in [5.41, 5.74) is 3.39. The Kier molecular flexibility index (Phi) is 8.87. The highest BCUT2D eigenvalue weighted by Gasteiger charge is 2.15. The van der Waals surface area contributed by atoms with E-state index in [1.165, 1.54) is 13.3 Å². The zero-order valence-corrected chi connectivity index (χ0v) is 21.1. The van der Waals surface area contributed by atoms with E-state index in [9.17, 15) is 9.59 Å². The molecule has 0 aromatic heterocycles. The van der Waals surface area contributed by atoms with E-state index < -0.39 is 11.9 Å². The Bertz CT molecular complexity index is 1200. The average Bonchev–Trinajstić information content (AvgIpc) is 2.79. The van der Waals surface area contributed by atoms with Crippen LogP contribution in [0.1, 0.15) is 15.9 Å². The summed E-state index contributed by atoms with van der Waals surface area (Å²) >= 11 is 12.5. The van der Waals surface area contributed by atoms with Gasteiger partial charge in [0, 0.05) is 9.50 Å². The van der Waals surface area contributed by atoms with Crippen molar-refractivity contribution in [3.63, 3.8) is 0 Å². The van der Waals surface area contributed by atoms with Gasteiger partial charge in [0.25, 0.3) is 5.91 Å². The van der Waals surface area contributed by atoms with Gasteiger partial charge in [-0.05, 0) is 86.0 Å². The van der Waals surface area contributed by atoms with Crippen LogP contribution < -0.4 is 19.6 Å². The number of hydrogen-bond acceptors (Lipinski definition) is 6. The van der Waals surface area contributed by atoms with Crippen LogP contribution in [0, 0.1) is 0 Å². The van der Waals surface area contributed by atoms with Crippen LogP contribution in [0.15, 0.2) is 74.7 Å². The molecule has 3 aromatic rings. The fraction of sp³-hybridized carbons (Fsp3) is 0.0870. The molecule has 170 valence electrons. The molecule has 0 unspecified atom stereocenters. The van der Waals surface area contributed by atoms with Gasteiger partial charge in [-0.3, -0.25) is 4.79 Å². The highest BCUT2D eigenvalue weighted by atomic mass is 79.9. The van der Waals surface area contributed by atoms with Gasteiger partial charge >= 0.3 is 5.97 Å². The van der Waals surface area contributed by atoms with Gasteiger partial charge in [0.2, 0.25) is 0 Å². The maximum atomic E-state index is 12.4. The molecular weight excluding hydrogens is 580 g/mol. The lowest BCUT2D eigenvalue weighted by Crippen LogP contribution is -2.24. The Morgan fingerprint density at radius 1 is 1.00 bits per heavy atom. The molecule has 0 aliphatic carbocycles. The van der Waals surface area contributed by atoms with Crippen LogP contribution in [-0.2, 0) is 4.79 Å². The molecular formula is C23H17Br2ClN2O5. The van der Waals surface area contributed by atoms with Gasteiger partial charge in [-0.2, -0.15) is 5.10 Å². The number of rotatable bonds is 8. The highest BCUT2D eigenvalue weighted by molar-refractivity contribution is 9.10. The number of amides is 1. The SMILES string of the molecule is COc1cc(/C=N\NC(=O)COc2ccc(Cl)cc2Br)ccc1OC(=O)c1ccccc1Br. The van der Waals surface area contributed by atoms with Crippen molar-refractivity contribution in [2.24, 2.45) is 5.10 Å². The molecule has 1 N–H and O–H groups in total. The van der Waals surface area contributed by atoms with E-state index in [-0.39, 0.29) is 12.4 Å². The van der Waals surface area contributed by atoms with Gasteiger partial charge in [0.05, 0.1) is 23.4 Å². The standard InChI is InChI=1S/C23H17Br2ClN2O5/c1-31-21-10-14(6-8-20(21)33-23(30)16-4-2-3-5-17(16)24)12-27-28-22(29)13-32-19-9-7-15(26)11-18(19)25/h2-12H,13H2,1H3,(H,28,29)/b27-12-. The summed E-state index contributed by atoms with van der Waals surface area (Å²) in [5, 5.41) is 4.46. The van der Waals surface area contributed by atoms with Crippen LogP contribution in [0.3, 0.4) is 0 Å². The maximum Gasteiger partial charge on any atom is 0.344 e. The molecule has 3 aromatic carbocycles. The van der Waals surface area contributed by atoms with Crippen LogP contribution in [0.2, 0.25) is 5.02 Å². The first kappa shape index (κ1) is 24.8. The highest BCUT2D eigenvalue weighted by Crippen LogP contribution is 2.29. The minimum absolute atomic E-state index is 0.231. The van der Waals surface area contributed by atoms with Crippen LogP contribution >= 0.6 is 43.5 Å². The summed E-state index contributed by atoms with van der Waals surface area (Å²) in [5.74, 6) is 0.0970. The number of carbonyl (C=O) groups excluding carboxylic acids is 2. The smallest absolute Gasteiger partial charge is 0.344 e. The third kappa shape index (κ3) is 7.05. The molecule has 0 spiro atoms. The van der Waals surface area contributed by atoms with Crippen molar-refractivity contribution in [3.8, 4) is 17.2 Å². The molecule has 0 aliphatic rings. The fourth-order valence-corrected chi connectivity index (χ4v) is 3.82. The van der Waals surface area contributed by atoms with Gasteiger partial charge in [-0.1, -0.05) is 23.7 Å². The van der Waals surface area contributed by atoms with E-state index in [0.717, 1.165) is 0 Å². The summed E-state index contributed by atoms with van der Waals surface area (Å²) in [6, 6.07) is 16.8. The lowest BCUT2D eigenvalue weighted by molar-refractivity contribution is -0.123. The van der Waals surface area contributed by atoms with Crippen molar-refractivity contribution in [2.75, 3.05) is 13.7 Å². The monoisotopic (exact) mass is 594 g/mol. The Morgan fingerprint density at radius 2 is 1.76 bits per heavy atom. The van der Waals surface area contributed by atoms with Crippen molar-refractivity contribution >= 4 is 61.6 Å². The number of methoxy groups -OCH3 is 1. The van der Waals surface area contributed by atoms with E-state index >= 15 is 0 Å². The topological polar surface area (TPSA) is 86.2 Å². The van der Waals surface area contributed by atoms with Gasteiger partial charge in [0.1, 0.15) is 5.75 Å². The molecule has 0 fully saturated rings. The van der Waals surface area contributed by atoms with Crippen molar-refractivity contribution < 1.29 is 23.8 Å². The van der Waals surface area contributed by atoms with Gasteiger partial charge in [0.15, 0.2) is 18.1 Å². The average molecular weight is 597 g/mol. The molecule has 1 amide bonds. The summed E-state index contributed by atoms with van der Waals surface area (Å²) in [6.07, 6.45) is 1.43. The molecule has 0 heterocycles. The first-order chi connectivity index (χ1) is 15.9. The number of hydrogen-bond donors (Lipinski definition) is 1. The van der Waals surface area contributed by atoms with Crippen molar-refractivity contribution in [3.05, 3.63) is 85.8 Å². The molecule has 0 aliphatic heterocycles. The third-order valence-electron chi connectivity index (χ3n) is 4.14. The number of halogens is 3. The van der Waals surface area contributed by atoms with Gasteiger partial charge in [-0.25, -0.2) is 10.2 Å². The van der Waals surface area contributed by atoms with Crippen molar-refractivity contribution in [1.29, 1.82) is 0 Å². The van der Waals surface area contributed by atoms with E-state index in [1.54, 1.807) is 60.7 Å². The second-order valence-electron chi connectivity index (χ2n) is 6.44. The number of nitrogens with zero attached hydrogens (tertiary/aromatic N) is 1. The largest absolute Gasteiger partial charge is 0.493 e. The first-order valence-electron chi connectivity index (χ1n) is 9.42. The van der Waals surface area contributed by atoms with Gasteiger partial charge in [-0.15, -0.1) is 0 Å². The van der Waals surface area contributed by atoms with Gasteiger partial charge < -0.3 is 14.2 Å². The number of benzene rings is 3.